The molecule has 2 aliphatic rings. The molecule has 3 rings (SSSR count). The Bertz CT molecular complexity index is 894. The minimum atomic E-state index is 0. The molecule has 1 aliphatic carbocycles. The van der Waals surface area contributed by atoms with Gasteiger partial charge in [0.25, 0.3) is 0 Å². The first kappa shape index (κ1) is 33.1. The van der Waals surface area contributed by atoms with Gasteiger partial charge in [0, 0.05) is 30.9 Å². The van der Waals surface area contributed by atoms with Gasteiger partial charge in [-0.15, -0.1) is 0 Å². The fraction of sp³-hybridized carbons (Fsp3) is 0.400. The zero-order valence-corrected chi connectivity index (χ0v) is 23.3. The number of aromatic nitrogens is 1. The Morgan fingerprint density at radius 3 is 2.03 bits per heavy atom. The van der Waals surface area contributed by atoms with Crippen LogP contribution in [0.5, 0.6) is 0 Å². The van der Waals surface area contributed by atoms with Crippen LogP contribution in [0.2, 0.25) is 0 Å². The molecule has 0 radical (unpaired) electrons. The van der Waals surface area contributed by atoms with Crippen LogP contribution in [0.15, 0.2) is 40.8 Å². The molecule has 9 heteroatoms. The molecule has 0 bridgehead atoms. The Morgan fingerprint density at radius 2 is 1.48 bits per heavy atom. The molecule has 0 saturated heterocycles. The Balaban J connectivity index is -0.00000135. The second-order valence-corrected chi connectivity index (χ2v) is 5.86. The number of nitrogens with zero attached hydrogens (tertiary/aromatic N) is 3. The molecule has 0 unspecified atom stereocenters. The molecule has 0 atom stereocenters. The first-order valence-electron chi connectivity index (χ1n) is 8.87. The van der Waals surface area contributed by atoms with Crippen LogP contribution < -0.4 is 64.5 Å². The van der Waals surface area contributed by atoms with Crippen LogP contribution in [0.25, 0.3) is 22.6 Å². The van der Waals surface area contributed by atoms with Gasteiger partial charge in [-0.05, 0) is 45.9 Å². The number of hydrogen-bond acceptors (Lipinski definition) is 3. The predicted molar refractivity (Wildman–Crippen MR) is 101 cm³/mol. The zero-order valence-electron chi connectivity index (χ0n) is 17.3. The van der Waals surface area contributed by atoms with E-state index >= 15 is 0 Å². The summed E-state index contributed by atoms with van der Waals surface area (Å²) in [5.41, 5.74) is 3.81. The monoisotopic (exact) mass is 528 g/mol. The maximum Gasteiger partial charge on any atom is 2.00 e. The smallest absolute Gasteiger partial charge is 1.00 e. The summed E-state index contributed by atoms with van der Waals surface area (Å²) in [4.78, 5) is 7.06. The zero-order chi connectivity index (χ0) is 17.1. The van der Waals surface area contributed by atoms with Crippen LogP contribution in [0, 0.1) is 0 Å². The van der Waals surface area contributed by atoms with Crippen LogP contribution in [0.1, 0.15) is 27.7 Å². The molecule has 29 heavy (non-hydrogen) atoms. The van der Waals surface area contributed by atoms with Crippen LogP contribution in [0.3, 0.4) is 0 Å². The van der Waals surface area contributed by atoms with Crippen molar-refractivity contribution >= 4 is 16.8 Å². The summed E-state index contributed by atoms with van der Waals surface area (Å²) in [6, 6.07) is 12.5. The van der Waals surface area contributed by atoms with Crippen molar-refractivity contribution in [1.29, 1.82) is 0 Å². The molecule has 0 N–H and O–H groups in total. The van der Waals surface area contributed by atoms with Crippen molar-refractivity contribution in [2.75, 3.05) is 31.1 Å². The molecule has 1 aliphatic heterocycles. The molecule has 158 valence electrons. The topological polar surface area (TPSA) is 32.3 Å². The molecular weight excluding hydrogens is 505 g/mol. The fourth-order valence-corrected chi connectivity index (χ4v) is 3.17. The quantitative estimate of drug-likeness (QED) is 0.186. The summed E-state index contributed by atoms with van der Waals surface area (Å²) in [5, 5.41) is 1.18. The Kier molecular flexibility index (Phi) is 17.4. The first-order valence-corrected chi connectivity index (χ1v) is 8.87. The number of hydrogen-bond donors (Lipinski definition) is 0. The van der Waals surface area contributed by atoms with Gasteiger partial charge >= 0.3 is 19.5 Å². The van der Waals surface area contributed by atoms with E-state index in [0.717, 1.165) is 48.7 Å². The number of anilines is 1. The van der Waals surface area contributed by atoms with Crippen molar-refractivity contribution in [2.24, 2.45) is 0 Å². The molecule has 0 amide bonds. The average molecular weight is 532 g/mol. The largest absolute Gasteiger partial charge is 2.00 e. The Labute approximate surface area is 210 Å². The van der Waals surface area contributed by atoms with E-state index < -0.39 is 0 Å². The summed E-state index contributed by atoms with van der Waals surface area (Å²) < 4.78 is 8.50. The minimum Gasteiger partial charge on any atom is -1.00 e. The molecule has 1 aromatic carbocycles. The van der Waals surface area contributed by atoms with Gasteiger partial charge in [-0.2, -0.15) is 0 Å². The summed E-state index contributed by atoms with van der Waals surface area (Å²) in [6.45, 7) is 12.6. The van der Waals surface area contributed by atoms with E-state index in [9.17, 15) is 0 Å². The number of benzene rings is 2. The fourth-order valence-electron chi connectivity index (χ4n) is 3.17. The number of fused-ring (bicyclic) bond motifs is 2. The van der Waals surface area contributed by atoms with Gasteiger partial charge in [0.2, 0.25) is 5.36 Å². The van der Waals surface area contributed by atoms with E-state index in [1.807, 2.05) is 12.1 Å². The van der Waals surface area contributed by atoms with E-state index in [-0.39, 0.29) is 69.1 Å². The van der Waals surface area contributed by atoms with E-state index in [2.05, 4.69) is 61.4 Å². The van der Waals surface area contributed by atoms with Crippen molar-refractivity contribution in [1.82, 2.24) is 9.56 Å². The van der Waals surface area contributed by atoms with Crippen LogP contribution in [-0.2, 0) is 19.5 Å². The minimum absolute atomic E-state index is 0. The van der Waals surface area contributed by atoms with E-state index in [0.29, 0.717) is 0 Å². The summed E-state index contributed by atoms with van der Waals surface area (Å²) >= 11 is 0. The molecule has 0 saturated carbocycles. The molecule has 1 heterocycles. The number of rotatable bonds is 5. The second-order valence-electron chi connectivity index (χ2n) is 5.86. The van der Waals surface area contributed by atoms with Gasteiger partial charge in [-0.3, -0.25) is 0 Å². The maximum atomic E-state index is 6.19. The molecule has 0 aromatic heterocycles. The van der Waals surface area contributed by atoms with Crippen molar-refractivity contribution in [2.45, 2.75) is 27.7 Å². The van der Waals surface area contributed by atoms with Gasteiger partial charge in [-0.1, -0.05) is 0 Å². The standard InChI is InChI=1S/C20H26N3O.4ClH.Zn/c1-5-22(6-2)15-9-11-17-19(13-15)24-20-14-16(23(7-3)8-4)10-12-18(20)21-17;;;;;/h9-14H,5-8H2,1-4H3;4*1H;/q+1;;;;;+2/p-4. The molecular formula is C20H26Cl4N3OZn-. The van der Waals surface area contributed by atoms with Crippen molar-refractivity contribution < 1.29 is 73.5 Å². The predicted octanol–water partition coefficient (Wildman–Crippen LogP) is -8.40. The van der Waals surface area contributed by atoms with E-state index in [4.69, 9.17) is 9.40 Å². The maximum absolute atomic E-state index is 6.19. The number of halogens is 4. The van der Waals surface area contributed by atoms with Gasteiger partial charge in [0.15, 0.2) is 11.3 Å². The molecule has 0 fully saturated rings. The second kappa shape index (κ2) is 15.3. The van der Waals surface area contributed by atoms with Gasteiger partial charge < -0.3 is 58.9 Å². The van der Waals surface area contributed by atoms with Crippen molar-refractivity contribution in [3.8, 4) is 11.5 Å². The molecule has 1 aromatic rings. The first-order chi connectivity index (χ1) is 11.7. The normalized spacial score (nSPS) is 9.24. The summed E-state index contributed by atoms with van der Waals surface area (Å²) in [7, 11) is 0. The van der Waals surface area contributed by atoms with E-state index in [1.54, 1.807) is 0 Å². The third-order valence-corrected chi connectivity index (χ3v) is 4.60. The van der Waals surface area contributed by atoms with Gasteiger partial charge in [0.05, 0.1) is 6.07 Å². The van der Waals surface area contributed by atoms with E-state index in [1.165, 1.54) is 11.0 Å². The molecule has 0 spiro atoms. The van der Waals surface area contributed by atoms with Crippen molar-refractivity contribution in [3.63, 3.8) is 0 Å². The van der Waals surface area contributed by atoms with Gasteiger partial charge in [-0.25, -0.2) is 9.56 Å². The SMILES string of the molecule is CCN(CC)c1ccc2nc3ccc(=[N+](CC)CC)cc-3oc2c1.[Cl-].[Cl-].[Cl-].[Cl-].[Zn+2]. The Hall–Kier alpha value is -0.577. The summed E-state index contributed by atoms with van der Waals surface area (Å²) in [5.74, 6) is 0.837. The molecule has 4 nitrogen and oxygen atoms in total. The van der Waals surface area contributed by atoms with Crippen molar-refractivity contribution in [3.05, 3.63) is 41.8 Å². The third kappa shape index (κ3) is 7.26. The van der Waals surface area contributed by atoms with Crippen LogP contribution >= 0.6 is 0 Å². The third-order valence-electron chi connectivity index (χ3n) is 4.60. The average Bonchev–Trinajstić information content (AvgIpc) is 2.62. The van der Waals surface area contributed by atoms with Gasteiger partial charge in [0.1, 0.15) is 24.3 Å². The summed E-state index contributed by atoms with van der Waals surface area (Å²) in [6.07, 6.45) is 0. The van der Waals surface area contributed by atoms with Crippen LogP contribution in [0.4, 0.5) is 5.69 Å². The van der Waals surface area contributed by atoms with Crippen LogP contribution in [-0.4, -0.2) is 31.2 Å². The Morgan fingerprint density at radius 1 is 0.862 bits per heavy atom.